The van der Waals surface area contributed by atoms with E-state index in [1.54, 1.807) is 6.92 Å². The summed E-state index contributed by atoms with van der Waals surface area (Å²) in [6.07, 6.45) is 9.18. The number of aromatic nitrogens is 1. The highest BCUT2D eigenvalue weighted by atomic mass is 16.5. The zero-order chi connectivity index (χ0) is 12.3. The molecule has 86 valence electrons. The van der Waals surface area contributed by atoms with Crippen molar-refractivity contribution in [1.82, 2.24) is 4.98 Å². The zero-order valence-corrected chi connectivity index (χ0v) is 9.86. The minimum Gasteiger partial charge on any atom is -0.461 e. The Kier molecular flexibility index (Phi) is 3.30. The van der Waals surface area contributed by atoms with Crippen molar-refractivity contribution in [3.63, 3.8) is 0 Å². The van der Waals surface area contributed by atoms with Gasteiger partial charge in [-0.15, -0.1) is 6.42 Å². The third kappa shape index (κ3) is 2.40. The summed E-state index contributed by atoms with van der Waals surface area (Å²) in [7, 11) is 0. The van der Waals surface area contributed by atoms with Crippen LogP contribution in [0.3, 0.4) is 0 Å². The molecule has 0 saturated carbocycles. The number of nitrogens with zero attached hydrogens (tertiary/aromatic N) is 2. The fourth-order valence-electron chi connectivity index (χ4n) is 1.99. The van der Waals surface area contributed by atoms with Crippen LogP contribution in [0, 0.1) is 23.7 Å². The minimum absolute atomic E-state index is 0.365. The number of nitriles is 1. The first-order chi connectivity index (χ1) is 8.24. The van der Waals surface area contributed by atoms with Crippen LogP contribution in [-0.4, -0.2) is 11.1 Å². The first-order valence-electron chi connectivity index (χ1n) is 5.80. The fraction of sp³-hybridized carbons (Fsp3) is 0.429. The van der Waals surface area contributed by atoms with E-state index in [1.807, 2.05) is 6.07 Å². The first kappa shape index (κ1) is 11.5. The summed E-state index contributed by atoms with van der Waals surface area (Å²) in [5, 5.41) is 9.08. The summed E-state index contributed by atoms with van der Waals surface area (Å²) in [4.78, 5) is 4.43. The molecule has 3 nitrogen and oxygen atoms in total. The minimum atomic E-state index is -0.365. The summed E-state index contributed by atoms with van der Waals surface area (Å²) in [5.74, 6) is 2.85. The Morgan fingerprint density at radius 2 is 2.24 bits per heavy atom. The van der Waals surface area contributed by atoms with Crippen LogP contribution in [0.2, 0.25) is 0 Å². The summed E-state index contributed by atoms with van der Waals surface area (Å²) >= 11 is 0. The van der Waals surface area contributed by atoms with Gasteiger partial charge in [-0.3, -0.25) is 0 Å². The number of pyridine rings is 1. The Hall–Kier alpha value is -2.00. The van der Waals surface area contributed by atoms with Crippen molar-refractivity contribution >= 4 is 0 Å². The van der Waals surface area contributed by atoms with E-state index in [4.69, 9.17) is 16.4 Å². The van der Waals surface area contributed by atoms with E-state index in [-0.39, 0.29) is 6.10 Å². The van der Waals surface area contributed by atoms with Gasteiger partial charge in [0.2, 0.25) is 5.88 Å². The van der Waals surface area contributed by atoms with E-state index < -0.39 is 0 Å². The first-order valence-corrected chi connectivity index (χ1v) is 5.80. The molecule has 1 heterocycles. The number of aryl methyl sites for hydroxylation is 2. The predicted octanol–water partition coefficient (Wildman–Crippen LogP) is 2.23. The average Bonchev–Trinajstić information content (AvgIpc) is 2.37. The number of terminal acetylenes is 1. The Labute approximate surface area is 101 Å². The third-order valence-electron chi connectivity index (χ3n) is 2.91. The van der Waals surface area contributed by atoms with Crippen molar-refractivity contribution in [2.45, 2.75) is 38.7 Å². The van der Waals surface area contributed by atoms with E-state index in [0.29, 0.717) is 11.4 Å². The quantitative estimate of drug-likeness (QED) is 0.726. The largest absolute Gasteiger partial charge is 0.461 e. The lowest BCUT2D eigenvalue weighted by molar-refractivity contribution is 0.266. The van der Waals surface area contributed by atoms with Crippen LogP contribution in [0.4, 0.5) is 0 Å². The van der Waals surface area contributed by atoms with Crippen molar-refractivity contribution in [3.8, 4) is 24.3 Å². The van der Waals surface area contributed by atoms with Crippen molar-refractivity contribution in [2.75, 3.05) is 0 Å². The smallest absolute Gasteiger partial charge is 0.233 e. The van der Waals surface area contributed by atoms with Gasteiger partial charge in [-0.2, -0.15) is 5.26 Å². The van der Waals surface area contributed by atoms with Gasteiger partial charge in [0, 0.05) is 5.69 Å². The molecule has 0 aromatic carbocycles. The number of hydrogen-bond acceptors (Lipinski definition) is 3. The van der Waals surface area contributed by atoms with Crippen LogP contribution >= 0.6 is 0 Å². The highest BCUT2D eigenvalue weighted by Crippen LogP contribution is 2.25. The molecule has 1 atom stereocenters. The molecule has 0 fully saturated rings. The van der Waals surface area contributed by atoms with Gasteiger partial charge in [-0.05, 0) is 44.2 Å². The fourth-order valence-corrected chi connectivity index (χ4v) is 1.99. The lowest BCUT2D eigenvalue weighted by atomic mass is 9.95. The Balaban J connectivity index is 2.38. The number of fused-ring (bicyclic) bond motifs is 1. The molecule has 0 bridgehead atoms. The number of ether oxygens (including phenoxy) is 1. The molecule has 1 aromatic heterocycles. The molecule has 0 N–H and O–H groups in total. The predicted molar refractivity (Wildman–Crippen MR) is 64.5 cm³/mol. The summed E-state index contributed by atoms with van der Waals surface area (Å²) < 4.78 is 5.48. The van der Waals surface area contributed by atoms with Gasteiger partial charge < -0.3 is 4.74 Å². The standard InChI is InChI=1S/C14H14N2O/c1-3-10(2)17-14-12(9-15)8-11-6-4-5-7-13(11)16-14/h1,8,10H,4-7H2,2H3. The van der Waals surface area contributed by atoms with Gasteiger partial charge in [-0.1, -0.05) is 5.92 Å². The lowest BCUT2D eigenvalue weighted by Crippen LogP contribution is -2.13. The van der Waals surface area contributed by atoms with Crippen molar-refractivity contribution in [2.24, 2.45) is 0 Å². The topological polar surface area (TPSA) is 45.9 Å². The molecule has 1 unspecified atom stereocenters. The van der Waals surface area contributed by atoms with E-state index in [1.165, 1.54) is 12.0 Å². The van der Waals surface area contributed by atoms with Gasteiger partial charge in [0.15, 0.2) is 6.10 Å². The molecule has 3 heteroatoms. The van der Waals surface area contributed by atoms with Gasteiger partial charge in [0.1, 0.15) is 11.6 Å². The van der Waals surface area contributed by atoms with Crippen molar-refractivity contribution in [1.29, 1.82) is 5.26 Å². The Morgan fingerprint density at radius 1 is 1.47 bits per heavy atom. The van der Waals surface area contributed by atoms with Gasteiger partial charge in [0.05, 0.1) is 0 Å². The highest BCUT2D eigenvalue weighted by molar-refractivity contribution is 5.43. The maximum atomic E-state index is 9.08. The molecule has 0 saturated heterocycles. The zero-order valence-electron chi connectivity index (χ0n) is 9.86. The molecule has 0 amide bonds. The summed E-state index contributed by atoms with van der Waals surface area (Å²) in [6.45, 7) is 1.77. The number of hydrogen-bond donors (Lipinski definition) is 0. The lowest BCUT2D eigenvalue weighted by Gasteiger charge is -2.17. The third-order valence-corrected chi connectivity index (χ3v) is 2.91. The Morgan fingerprint density at radius 3 is 2.94 bits per heavy atom. The van der Waals surface area contributed by atoms with E-state index in [9.17, 15) is 0 Å². The molecule has 1 aromatic rings. The SMILES string of the molecule is C#CC(C)Oc1nc2c(cc1C#N)CCCC2. The highest BCUT2D eigenvalue weighted by Gasteiger charge is 2.16. The molecule has 17 heavy (non-hydrogen) atoms. The molecule has 1 aliphatic rings. The molecule has 0 aliphatic heterocycles. The second kappa shape index (κ2) is 4.89. The maximum absolute atomic E-state index is 9.08. The van der Waals surface area contributed by atoms with Crippen LogP contribution in [0.25, 0.3) is 0 Å². The van der Waals surface area contributed by atoms with Crippen LogP contribution in [0.1, 0.15) is 36.6 Å². The maximum Gasteiger partial charge on any atom is 0.233 e. The van der Waals surface area contributed by atoms with Crippen LogP contribution in [0.15, 0.2) is 6.07 Å². The Bertz CT molecular complexity index is 508. The van der Waals surface area contributed by atoms with Gasteiger partial charge in [0.25, 0.3) is 0 Å². The second-order valence-corrected chi connectivity index (χ2v) is 4.19. The summed E-state index contributed by atoms with van der Waals surface area (Å²) in [5.41, 5.74) is 2.70. The molecule has 2 rings (SSSR count). The van der Waals surface area contributed by atoms with E-state index in [0.717, 1.165) is 25.0 Å². The normalized spacial score (nSPS) is 15.2. The monoisotopic (exact) mass is 226 g/mol. The molecular formula is C14H14N2O. The molecule has 0 spiro atoms. The van der Waals surface area contributed by atoms with Crippen molar-refractivity contribution in [3.05, 3.63) is 22.9 Å². The van der Waals surface area contributed by atoms with Crippen LogP contribution in [-0.2, 0) is 12.8 Å². The van der Waals surface area contributed by atoms with Crippen molar-refractivity contribution < 1.29 is 4.74 Å². The van der Waals surface area contributed by atoms with Gasteiger partial charge in [-0.25, -0.2) is 4.98 Å². The summed E-state index contributed by atoms with van der Waals surface area (Å²) in [6, 6.07) is 4.01. The number of rotatable bonds is 2. The van der Waals surface area contributed by atoms with E-state index >= 15 is 0 Å². The molecule has 1 aliphatic carbocycles. The van der Waals surface area contributed by atoms with Crippen LogP contribution in [0.5, 0.6) is 5.88 Å². The molecule has 0 radical (unpaired) electrons. The van der Waals surface area contributed by atoms with Gasteiger partial charge >= 0.3 is 0 Å². The second-order valence-electron chi connectivity index (χ2n) is 4.19. The molecular weight excluding hydrogens is 212 g/mol. The average molecular weight is 226 g/mol. The van der Waals surface area contributed by atoms with E-state index in [2.05, 4.69) is 17.0 Å². The van der Waals surface area contributed by atoms with Crippen LogP contribution < -0.4 is 4.74 Å².